The molecule has 2 rings (SSSR count). The molecule has 0 fully saturated rings. The summed E-state index contributed by atoms with van der Waals surface area (Å²) in [5.74, 6) is 1.03. The average molecular weight is 310 g/mol. The second kappa shape index (κ2) is 6.78. The van der Waals surface area contributed by atoms with Crippen molar-refractivity contribution < 1.29 is 4.74 Å². The fourth-order valence-electron chi connectivity index (χ4n) is 2.82. The lowest BCUT2D eigenvalue weighted by Crippen LogP contribution is -2.21. The first-order chi connectivity index (χ1) is 10.7. The summed E-state index contributed by atoms with van der Waals surface area (Å²) in [7, 11) is 0. The van der Waals surface area contributed by atoms with Gasteiger partial charge < -0.3 is 4.74 Å². The molecule has 23 heavy (non-hydrogen) atoms. The topological polar surface area (TPSA) is 9.23 Å². The SMILES string of the molecule is Cc1ccc(C(C)(C)C)c(OCCC(C)(C)c2ccccc2)c1. The molecule has 0 bridgehead atoms. The van der Waals surface area contributed by atoms with Crippen LogP contribution in [0.1, 0.15) is 57.7 Å². The van der Waals surface area contributed by atoms with Gasteiger partial charge in [0.2, 0.25) is 0 Å². The summed E-state index contributed by atoms with van der Waals surface area (Å²) in [6, 6.07) is 17.2. The maximum absolute atomic E-state index is 6.20. The first kappa shape index (κ1) is 17.6. The molecule has 124 valence electrons. The minimum Gasteiger partial charge on any atom is -0.493 e. The Bertz CT molecular complexity index is 633. The summed E-state index contributed by atoms with van der Waals surface area (Å²) in [5.41, 5.74) is 4.10. The maximum atomic E-state index is 6.20. The van der Waals surface area contributed by atoms with Crippen molar-refractivity contribution in [3.05, 3.63) is 65.2 Å². The van der Waals surface area contributed by atoms with Crippen LogP contribution in [-0.2, 0) is 10.8 Å². The highest BCUT2D eigenvalue weighted by Gasteiger charge is 2.22. The molecular weight excluding hydrogens is 280 g/mol. The molecule has 0 aliphatic heterocycles. The Morgan fingerprint density at radius 3 is 2.13 bits per heavy atom. The number of ether oxygens (including phenoxy) is 1. The van der Waals surface area contributed by atoms with E-state index in [2.05, 4.69) is 90.1 Å². The zero-order chi connectivity index (χ0) is 17.1. The lowest BCUT2D eigenvalue weighted by molar-refractivity contribution is 0.267. The van der Waals surface area contributed by atoms with Crippen molar-refractivity contribution in [3.8, 4) is 5.75 Å². The van der Waals surface area contributed by atoms with Crippen molar-refractivity contribution >= 4 is 0 Å². The molecule has 0 radical (unpaired) electrons. The highest BCUT2D eigenvalue weighted by molar-refractivity contribution is 5.41. The van der Waals surface area contributed by atoms with E-state index in [-0.39, 0.29) is 10.8 Å². The Hall–Kier alpha value is -1.76. The summed E-state index contributed by atoms with van der Waals surface area (Å²) >= 11 is 0. The van der Waals surface area contributed by atoms with E-state index in [1.165, 1.54) is 16.7 Å². The molecule has 0 heterocycles. The standard InChI is InChI=1S/C22H30O/c1-17-12-13-19(21(2,3)4)20(16-17)23-15-14-22(5,6)18-10-8-7-9-11-18/h7-13,16H,14-15H2,1-6H3. The van der Waals surface area contributed by atoms with Crippen LogP contribution in [0.2, 0.25) is 0 Å². The van der Waals surface area contributed by atoms with Crippen LogP contribution in [-0.4, -0.2) is 6.61 Å². The highest BCUT2D eigenvalue weighted by atomic mass is 16.5. The summed E-state index contributed by atoms with van der Waals surface area (Å²) < 4.78 is 6.20. The van der Waals surface area contributed by atoms with E-state index in [4.69, 9.17) is 4.74 Å². The molecular formula is C22H30O. The monoisotopic (exact) mass is 310 g/mol. The van der Waals surface area contributed by atoms with E-state index in [0.717, 1.165) is 18.8 Å². The summed E-state index contributed by atoms with van der Waals surface area (Å²) in [6.07, 6.45) is 0.995. The van der Waals surface area contributed by atoms with Gasteiger partial charge in [-0.25, -0.2) is 0 Å². The molecule has 0 aliphatic carbocycles. The molecule has 0 N–H and O–H groups in total. The first-order valence-corrected chi connectivity index (χ1v) is 8.50. The molecule has 0 saturated carbocycles. The molecule has 2 aromatic carbocycles. The van der Waals surface area contributed by atoms with Gasteiger partial charge in [0.15, 0.2) is 0 Å². The maximum Gasteiger partial charge on any atom is 0.123 e. The molecule has 0 amide bonds. The number of hydrogen-bond acceptors (Lipinski definition) is 1. The Labute approximate surface area is 141 Å². The van der Waals surface area contributed by atoms with Gasteiger partial charge in [0.05, 0.1) is 6.61 Å². The van der Waals surface area contributed by atoms with Crippen LogP contribution in [0.25, 0.3) is 0 Å². The van der Waals surface area contributed by atoms with Crippen LogP contribution >= 0.6 is 0 Å². The van der Waals surface area contributed by atoms with E-state index in [9.17, 15) is 0 Å². The van der Waals surface area contributed by atoms with Crippen molar-refractivity contribution in [2.24, 2.45) is 0 Å². The first-order valence-electron chi connectivity index (χ1n) is 8.50. The van der Waals surface area contributed by atoms with Crippen molar-refractivity contribution in [1.29, 1.82) is 0 Å². The summed E-state index contributed by atoms with van der Waals surface area (Å²) in [5, 5.41) is 0. The molecule has 0 unspecified atom stereocenters. The normalized spacial score (nSPS) is 12.3. The smallest absolute Gasteiger partial charge is 0.123 e. The van der Waals surface area contributed by atoms with E-state index >= 15 is 0 Å². The minimum absolute atomic E-state index is 0.0952. The third-order valence-corrected chi connectivity index (χ3v) is 4.49. The summed E-state index contributed by atoms with van der Waals surface area (Å²) in [4.78, 5) is 0. The fraction of sp³-hybridized carbons (Fsp3) is 0.455. The van der Waals surface area contributed by atoms with Gasteiger partial charge in [0, 0.05) is 0 Å². The van der Waals surface area contributed by atoms with Gasteiger partial charge in [-0.2, -0.15) is 0 Å². The van der Waals surface area contributed by atoms with Crippen LogP contribution in [0.5, 0.6) is 5.75 Å². The molecule has 0 atom stereocenters. The predicted octanol–water partition coefficient (Wildman–Crippen LogP) is 6.04. The van der Waals surface area contributed by atoms with Crippen LogP contribution < -0.4 is 4.74 Å². The zero-order valence-corrected chi connectivity index (χ0v) is 15.4. The second-order valence-corrected chi connectivity index (χ2v) is 8.10. The molecule has 0 saturated heterocycles. The lowest BCUT2D eigenvalue weighted by Gasteiger charge is -2.27. The molecule has 1 nitrogen and oxygen atoms in total. The zero-order valence-electron chi connectivity index (χ0n) is 15.4. The molecule has 0 spiro atoms. The van der Waals surface area contributed by atoms with Gasteiger partial charge in [-0.3, -0.25) is 0 Å². The number of hydrogen-bond donors (Lipinski definition) is 0. The van der Waals surface area contributed by atoms with Crippen LogP contribution in [0.3, 0.4) is 0 Å². The average Bonchev–Trinajstić information content (AvgIpc) is 2.47. The van der Waals surface area contributed by atoms with Gasteiger partial charge >= 0.3 is 0 Å². The van der Waals surface area contributed by atoms with Crippen LogP contribution in [0, 0.1) is 6.92 Å². The molecule has 0 aromatic heterocycles. The largest absolute Gasteiger partial charge is 0.493 e. The molecule has 2 aromatic rings. The Morgan fingerprint density at radius 2 is 1.52 bits per heavy atom. The van der Waals surface area contributed by atoms with Gasteiger partial charge in [0.25, 0.3) is 0 Å². The van der Waals surface area contributed by atoms with Crippen molar-refractivity contribution in [2.45, 2.75) is 58.8 Å². The highest BCUT2D eigenvalue weighted by Crippen LogP contribution is 2.33. The summed E-state index contributed by atoms with van der Waals surface area (Å²) in [6.45, 7) is 14.1. The van der Waals surface area contributed by atoms with Gasteiger partial charge in [-0.1, -0.05) is 77.1 Å². The minimum atomic E-state index is 0.0952. The van der Waals surface area contributed by atoms with E-state index in [0.29, 0.717) is 0 Å². The lowest BCUT2D eigenvalue weighted by atomic mass is 9.82. The number of rotatable bonds is 5. The van der Waals surface area contributed by atoms with E-state index in [1.54, 1.807) is 0 Å². The number of aryl methyl sites for hydroxylation is 1. The van der Waals surface area contributed by atoms with E-state index < -0.39 is 0 Å². The third kappa shape index (κ3) is 4.60. The van der Waals surface area contributed by atoms with Gasteiger partial charge in [-0.15, -0.1) is 0 Å². The van der Waals surface area contributed by atoms with Crippen molar-refractivity contribution in [2.75, 3.05) is 6.61 Å². The van der Waals surface area contributed by atoms with Crippen LogP contribution in [0.4, 0.5) is 0 Å². The van der Waals surface area contributed by atoms with Crippen molar-refractivity contribution in [3.63, 3.8) is 0 Å². The Balaban J connectivity index is 2.08. The number of benzene rings is 2. The predicted molar refractivity (Wildman–Crippen MR) is 99.5 cm³/mol. The Kier molecular flexibility index (Phi) is 5.19. The quantitative estimate of drug-likeness (QED) is 0.654. The van der Waals surface area contributed by atoms with Crippen molar-refractivity contribution in [1.82, 2.24) is 0 Å². The molecule has 1 heteroatoms. The van der Waals surface area contributed by atoms with Gasteiger partial charge in [0.1, 0.15) is 5.75 Å². The van der Waals surface area contributed by atoms with Gasteiger partial charge in [-0.05, 0) is 46.9 Å². The van der Waals surface area contributed by atoms with E-state index in [1.807, 2.05) is 0 Å². The Morgan fingerprint density at radius 1 is 0.870 bits per heavy atom. The third-order valence-electron chi connectivity index (χ3n) is 4.49. The second-order valence-electron chi connectivity index (χ2n) is 8.10. The molecule has 0 aliphatic rings. The van der Waals surface area contributed by atoms with Crippen LogP contribution in [0.15, 0.2) is 48.5 Å². The fourth-order valence-corrected chi connectivity index (χ4v) is 2.82.